The molecule has 2 fully saturated rings. The number of methoxy groups -OCH3 is 2. The molecule has 0 bridgehead atoms. The van der Waals surface area contributed by atoms with E-state index in [1.165, 1.54) is 17.5 Å². The van der Waals surface area contributed by atoms with Crippen LogP contribution in [-0.2, 0) is 4.79 Å². The van der Waals surface area contributed by atoms with Crippen LogP contribution in [0.25, 0.3) is 0 Å². The maximum Gasteiger partial charge on any atom is 0.289 e. The topological polar surface area (TPSA) is 75.5 Å². The summed E-state index contributed by atoms with van der Waals surface area (Å²) in [5, 5.41) is 0. The summed E-state index contributed by atoms with van der Waals surface area (Å²) in [5.74, 6) is 0.864. The van der Waals surface area contributed by atoms with Gasteiger partial charge in [-0.15, -0.1) is 0 Å². The molecule has 2 amide bonds. The van der Waals surface area contributed by atoms with E-state index < -0.39 is 5.92 Å². The van der Waals surface area contributed by atoms with Gasteiger partial charge in [-0.25, -0.2) is 0 Å². The predicted molar refractivity (Wildman–Crippen MR) is 140 cm³/mol. The zero-order valence-corrected chi connectivity index (χ0v) is 21.6. The van der Waals surface area contributed by atoms with E-state index in [-0.39, 0.29) is 23.5 Å². The van der Waals surface area contributed by atoms with E-state index in [0.717, 1.165) is 18.7 Å². The van der Waals surface area contributed by atoms with Crippen molar-refractivity contribution < 1.29 is 23.5 Å². The van der Waals surface area contributed by atoms with Crippen LogP contribution in [0.15, 0.2) is 65.3 Å². The van der Waals surface area contributed by atoms with Crippen LogP contribution in [-0.4, -0.2) is 75.1 Å². The number of anilines is 1. The Hall–Kier alpha value is -3.94. The lowest BCUT2D eigenvalue weighted by Crippen LogP contribution is -2.51. The minimum absolute atomic E-state index is 0.0639. The van der Waals surface area contributed by atoms with Gasteiger partial charge in [0.25, 0.3) is 5.91 Å². The molecule has 0 aliphatic carbocycles. The van der Waals surface area contributed by atoms with Gasteiger partial charge in [0.1, 0.15) is 11.5 Å². The van der Waals surface area contributed by atoms with Gasteiger partial charge >= 0.3 is 0 Å². The molecule has 0 saturated carbocycles. The number of ether oxygens (including phenoxy) is 2. The molecule has 194 valence electrons. The highest BCUT2D eigenvalue weighted by atomic mass is 16.5. The Labute approximate surface area is 217 Å². The van der Waals surface area contributed by atoms with Crippen LogP contribution in [0.2, 0.25) is 0 Å². The van der Waals surface area contributed by atoms with Gasteiger partial charge in [-0.2, -0.15) is 0 Å². The molecule has 8 heteroatoms. The summed E-state index contributed by atoms with van der Waals surface area (Å²) in [6.45, 7) is 5.64. The first-order valence-corrected chi connectivity index (χ1v) is 12.6. The predicted octanol–water partition coefficient (Wildman–Crippen LogP) is 3.81. The van der Waals surface area contributed by atoms with Crippen molar-refractivity contribution in [1.29, 1.82) is 0 Å². The number of carbonyl (C=O) groups excluding carboxylic acids is 2. The minimum atomic E-state index is -0.398. The highest BCUT2D eigenvalue weighted by molar-refractivity contribution is 5.93. The van der Waals surface area contributed by atoms with Gasteiger partial charge < -0.3 is 28.6 Å². The molecule has 1 aromatic heterocycles. The van der Waals surface area contributed by atoms with E-state index in [1.54, 1.807) is 31.3 Å². The average Bonchev–Trinajstić information content (AvgIpc) is 3.63. The number of likely N-dealkylation sites (tertiary alicyclic amines) is 1. The molecule has 3 aromatic rings. The summed E-state index contributed by atoms with van der Waals surface area (Å²) in [7, 11) is 3.23. The Morgan fingerprint density at radius 1 is 0.892 bits per heavy atom. The number of amides is 2. The maximum atomic E-state index is 14.0. The van der Waals surface area contributed by atoms with Crippen molar-refractivity contribution in [3.8, 4) is 11.5 Å². The molecule has 2 aliphatic rings. The lowest BCUT2D eigenvalue weighted by molar-refractivity contribution is -0.135. The highest BCUT2D eigenvalue weighted by Gasteiger charge is 2.44. The van der Waals surface area contributed by atoms with Gasteiger partial charge in [-0.1, -0.05) is 18.2 Å². The molecule has 0 radical (unpaired) electrons. The van der Waals surface area contributed by atoms with Crippen molar-refractivity contribution in [3.05, 3.63) is 77.7 Å². The van der Waals surface area contributed by atoms with Gasteiger partial charge in [0.2, 0.25) is 5.91 Å². The van der Waals surface area contributed by atoms with Crippen LogP contribution < -0.4 is 14.4 Å². The molecule has 2 aromatic carbocycles. The third-order valence-corrected chi connectivity index (χ3v) is 7.54. The summed E-state index contributed by atoms with van der Waals surface area (Å²) in [5.41, 5.74) is 3.31. The first kappa shape index (κ1) is 24.7. The van der Waals surface area contributed by atoms with Gasteiger partial charge in [0, 0.05) is 56.4 Å². The normalized spacial score (nSPS) is 19.7. The van der Waals surface area contributed by atoms with E-state index in [0.29, 0.717) is 37.7 Å². The molecular weight excluding hydrogens is 470 g/mol. The highest BCUT2D eigenvalue weighted by Crippen LogP contribution is 2.41. The fourth-order valence-electron chi connectivity index (χ4n) is 5.54. The van der Waals surface area contributed by atoms with Crippen LogP contribution in [0, 0.1) is 12.8 Å². The van der Waals surface area contributed by atoms with Gasteiger partial charge in [0.15, 0.2) is 5.76 Å². The fourth-order valence-corrected chi connectivity index (χ4v) is 5.54. The van der Waals surface area contributed by atoms with Gasteiger partial charge in [-0.05, 0) is 48.9 Å². The second kappa shape index (κ2) is 10.6. The van der Waals surface area contributed by atoms with Crippen LogP contribution in [0.3, 0.4) is 0 Å². The molecule has 5 rings (SSSR count). The van der Waals surface area contributed by atoms with E-state index >= 15 is 0 Å². The van der Waals surface area contributed by atoms with Crippen LogP contribution in [0.1, 0.15) is 27.6 Å². The molecule has 0 N–H and O–H groups in total. The van der Waals surface area contributed by atoms with Crippen molar-refractivity contribution in [2.45, 2.75) is 12.8 Å². The number of aryl methyl sites for hydroxylation is 1. The molecule has 3 heterocycles. The van der Waals surface area contributed by atoms with E-state index in [1.807, 2.05) is 29.2 Å². The minimum Gasteiger partial charge on any atom is -0.497 e. The molecule has 0 unspecified atom stereocenters. The molecule has 2 aliphatic heterocycles. The van der Waals surface area contributed by atoms with Crippen molar-refractivity contribution >= 4 is 17.5 Å². The summed E-state index contributed by atoms with van der Waals surface area (Å²) in [6.07, 6.45) is 1.49. The average molecular weight is 504 g/mol. The molecule has 2 atom stereocenters. The SMILES string of the molecule is COc1ccc(OC)c([C@H]2CN(C(=O)c3ccco3)C[C@H]2C(=O)N2CCN(c3ccccc3C)CC2)c1. The maximum absolute atomic E-state index is 14.0. The Bertz CT molecular complexity index is 1250. The summed E-state index contributed by atoms with van der Waals surface area (Å²) < 4.78 is 16.5. The van der Waals surface area contributed by atoms with Crippen molar-refractivity contribution in [3.63, 3.8) is 0 Å². The molecule has 2 saturated heterocycles. The number of piperazine rings is 1. The standard InChI is InChI=1S/C29H33N3O5/c1-20-7-4-5-8-25(20)30-12-14-31(15-13-30)28(33)24-19-32(29(34)27-9-6-16-37-27)18-23(24)22-17-21(35-2)10-11-26(22)36-3/h4-11,16-17,23-24H,12-15,18-19H2,1-3H3/t23-,24-/m1/s1. The number of benzene rings is 2. The first-order valence-electron chi connectivity index (χ1n) is 12.6. The number of para-hydroxylation sites is 1. The van der Waals surface area contributed by atoms with Gasteiger partial charge in [-0.3, -0.25) is 9.59 Å². The number of hydrogen-bond acceptors (Lipinski definition) is 6. The molecule has 8 nitrogen and oxygen atoms in total. The Balaban J connectivity index is 1.39. The van der Waals surface area contributed by atoms with Gasteiger partial charge in [0.05, 0.1) is 26.4 Å². The lowest BCUT2D eigenvalue weighted by Gasteiger charge is -2.38. The Kier molecular flexibility index (Phi) is 7.08. The number of furan rings is 1. The van der Waals surface area contributed by atoms with Crippen molar-refractivity contribution in [2.75, 3.05) is 58.4 Å². The third-order valence-electron chi connectivity index (χ3n) is 7.54. The zero-order chi connectivity index (χ0) is 25.9. The molecular formula is C29H33N3O5. The summed E-state index contributed by atoms with van der Waals surface area (Å²) >= 11 is 0. The monoisotopic (exact) mass is 503 g/mol. The van der Waals surface area contributed by atoms with E-state index in [2.05, 4.69) is 30.0 Å². The number of carbonyl (C=O) groups is 2. The fraction of sp³-hybridized carbons (Fsp3) is 0.379. The number of nitrogens with zero attached hydrogens (tertiary/aromatic N) is 3. The lowest BCUT2D eigenvalue weighted by atomic mass is 9.87. The summed E-state index contributed by atoms with van der Waals surface area (Å²) in [6, 6.07) is 17.3. The Morgan fingerprint density at radius 3 is 2.35 bits per heavy atom. The Morgan fingerprint density at radius 2 is 1.68 bits per heavy atom. The number of rotatable bonds is 6. The largest absolute Gasteiger partial charge is 0.497 e. The first-order chi connectivity index (χ1) is 18.0. The zero-order valence-electron chi connectivity index (χ0n) is 21.6. The second-order valence-electron chi connectivity index (χ2n) is 9.61. The summed E-state index contributed by atoms with van der Waals surface area (Å²) in [4.78, 5) is 33.2. The van der Waals surface area contributed by atoms with E-state index in [4.69, 9.17) is 13.9 Å². The van der Waals surface area contributed by atoms with Crippen molar-refractivity contribution in [1.82, 2.24) is 9.80 Å². The van der Waals surface area contributed by atoms with Crippen LogP contribution in [0.5, 0.6) is 11.5 Å². The van der Waals surface area contributed by atoms with Crippen molar-refractivity contribution in [2.24, 2.45) is 5.92 Å². The quantitative estimate of drug-likeness (QED) is 0.509. The molecule has 37 heavy (non-hydrogen) atoms. The third kappa shape index (κ3) is 4.88. The van der Waals surface area contributed by atoms with E-state index in [9.17, 15) is 9.59 Å². The smallest absolute Gasteiger partial charge is 0.289 e. The van der Waals surface area contributed by atoms with Crippen LogP contribution >= 0.6 is 0 Å². The number of hydrogen-bond donors (Lipinski definition) is 0. The molecule has 0 spiro atoms. The second-order valence-corrected chi connectivity index (χ2v) is 9.61. The van der Waals surface area contributed by atoms with Crippen LogP contribution in [0.4, 0.5) is 5.69 Å².